The van der Waals surface area contributed by atoms with Crippen LogP contribution in [0.3, 0.4) is 0 Å². The molecule has 1 N–H and O–H groups in total. The first-order valence-electron chi connectivity index (χ1n) is 6.76. The highest BCUT2D eigenvalue weighted by Crippen LogP contribution is 2.30. The van der Waals surface area contributed by atoms with Gasteiger partial charge in [0.05, 0.1) is 0 Å². The van der Waals surface area contributed by atoms with Gasteiger partial charge in [0, 0.05) is 6.42 Å². The Balaban J connectivity index is 1.68. The smallest absolute Gasteiger partial charge is 0.303 e. The van der Waals surface area contributed by atoms with Crippen molar-refractivity contribution in [2.24, 2.45) is 0 Å². The van der Waals surface area contributed by atoms with Crippen LogP contribution in [-0.4, -0.2) is 11.1 Å². The number of hydrogen-bond donors (Lipinski definition) is 1. The predicted octanol–water partition coefficient (Wildman–Crippen LogP) is 4.05. The molecule has 2 nitrogen and oxygen atoms in total. The lowest BCUT2D eigenvalue weighted by atomic mass is 10.0. The van der Waals surface area contributed by atoms with Crippen molar-refractivity contribution < 1.29 is 9.90 Å². The fourth-order valence-corrected chi connectivity index (χ4v) is 2.54. The Labute approximate surface area is 108 Å². The number of allylic oxidation sites excluding steroid dienone is 2. The number of fused-ring (bicyclic) bond motifs is 1. The van der Waals surface area contributed by atoms with Gasteiger partial charge in [0.25, 0.3) is 0 Å². The van der Waals surface area contributed by atoms with Gasteiger partial charge < -0.3 is 5.11 Å². The number of aliphatic carboxylic acids is 1. The van der Waals surface area contributed by atoms with Gasteiger partial charge in [-0.1, -0.05) is 43.2 Å². The predicted molar refractivity (Wildman–Crippen MR) is 73.5 cm³/mol. The van der Waals surface area contributed by atoms with E-state index in [0.29, 0.717) is 6.42 Å². The van der Waals surface area contributed by atoms with Gasteiger partial charge in [-0.3, -0.25) is 4.79 Å². The first-order chi connectivity index (χ1) is 8.77. The Bertz CT molecular complexity index is 446. The lowest BCUT2D eigenvalue weighted by Gasteiger charge is -2.05. The van der Waals surface area contributed by atoms with Gasteiger partial charge in [-0.05, 0) is 42.4 Å². The molecule has 2 rings (SSSR count). The molecule has 18 heavy (non-hydrogen) atoms. The molecular formula is C16H20O2. The van der Waals surface area contributed by atoms with Crippen molar-refractivity contribution >= 4 is 11.5 Å². The summed E-state index contributed by atoms with van der Waals surface area (Å²) < 4.78 is 0. The van der Waals surface area contributed by atoms with E-state index in [1.165, 1.54) is 23.1 Å². The topological polar surface area (TPSA) is 37.3 Å². The fraction of sp³-hybridized carbons (Fsp3) is 0.438. The minimum Gasteiger partial charge on any atom is -0.481 e. The number of carboxylic acid groups (broad SMARTS) is 1. The first-order valence-corrected chi connectivity index (χ1v) is 6.76. The van der Waals surface area contributed by atoms with Crippen molar-refractivity contribution in [3.8, 4) is 0 Å². The molecule has 0 atom stereocenters. The molecule has 0 bridgehead atoms. The molecule has 1 aliphatic carbocycles. The summed E-state index contributed by atoms with van der Waals surface area (Å²) in [6.45, 7) is 0. The molecule has 2 heteroatoms. The third-order valence-electron chi connectivity index (χ3n) is 3.52. The number of hydrogen-bond acceptors (Lipinski definition) is 1. The molecule has 0 radical (unpaired) electrons. The van der Waals surface area contributed by atoms with Crippen LogP contribution in [0.2, 0.25) is 0 Å². The number of benzene rings is 1. The Morgan fingerprint density at radius 1 is 1.11 bits per heavy atom. The third-order valence-corrected chi connectivity index (χ3v) is 3.52. The maximum atomic E-state index is 10.4. The van der Waals surface area contributed by atoms with Crippen LogP contribution in [0, 0.1) is 0 Å². The third kappa shape index (κ3) is 3.46. The second kappa shape index (κ2) is 6.39. The number of rotatable bonds is 7. The molecule has 1 aromatic carbocycles. The van der Waals surface area contributed by atoms with Gasteiger partial charge in [0.2, 0.25) is 0 Å². The zero-order valence-electron chi connectivity index (χ0n) is 10.7. The van der Waals surface area contributed by atoms with E-state index in [2.05, 4.69) is 30.3 Å². The van der Waals surface area contributed by atoms with E-state index >= 15 is 0 Å². The SMILES string of the molecule is O=C(O)CCCCCCC1=CCc2ccccc21. The van der Waals surface area contributed by atoms with Gasteiger partial charge >= 0.3 is 5.97 Å². The summed E-state index contributed by atoms with van der Waals surface area (Å²) in [5, 5.41) is 8.54. The Kier molecular flexibility index (Phi) is 4.57. The van der Waals surface area contributed by atoms with Crippen molar-refractivity contribution in [1.82, 2.24) is 0 Å². The summed E-state index contributed by atoms with van der Waals surface area (Å²) in [5.74, 6) is -0.678. The van der Waals surface area contributed by atoms with Crippen LogP contribution < -0.4 is 0 Å². The molecule has 0 fully saturated rings. The van der Waals surface area contributed by atoms with Gasteiger partial charge in [-0.2, -0.15) is 0 Å². The van der Waals surface area contributed by atoms with Gasteiger partial charge in [-0.25, -0.2) is 0 Å². The standard InChI is InChI=1S/C16H20O2/c17-16(18)10-4-2-1-3-7-13-11-12-14-8-5-6-9-15(13)14/h5-6,8-9,11H,1-4,7,10,12H2,(H,17,18). The van der Waals surface area contributed by atoms with E-state index in [0.717, 1.165) is 32.1 Å². The zero-order chi connectivity index (χ0) is 12.8. The van der Waals surface area contributed by atoms with Crippen molar-refractivity contribution in [3.05, 3.63) is 41.5 Å². The molecule has 0 aromatic heterocycles. The van der Waals surface area contributed by atoms with Crippen LogP contribution in [0.25, 0.3) is 5.57 Å². The molecule has 96 valence electrons. The molecule has 0 saturated heterocycles. The van der Waals surface area contributed by atoms with E-state index in [4.69, 9.17) is 5.11 Å². The van der Waals surface area contributed by atoms with E-state index in [-0.39, 0.29) is 0 Å². The van der Waals surface area contributed by atoms with Crippen LogP contribution in [0.15, 0.2) is 30.3 Å². The largest absolute Gasteiger partial charge is 0.481 e. The van der Waals surface area contributed by atoms with Gasteiger partial charge in [0.1, 0.15) is 0 Å². The van der Waals surface area contributed by atoms with Gasteiger partial charge in [0.15, 0.2) is 0 Å². The average Bonchev–Trinajstić information content (AvgIpc) is 2.77. The fourth-order valence-electron chi connectivity index (χ4n) is 2.54. The zero-order valence-corrected chi connectivity index (χ0v) is 10.7. The maximum absolute atomic E-state index is 10.4. The lowest BCUT2D eigenvalue weighted by Crippen LogP contribution is -1.93. The van der Waals surface area contributed by atoms with Crippen LogP contribution in [0.5, 0.6) is 0 Å². The van der Waals surface area contributed by atoms with Crippen LogP contribution in [-0.2, 0) is 11.2 Å². The van der Waals surface area contributed by atoms with Crippen molar-refractivity contribution in [1.29, 1.82) is 0 Å². The number of carboxylic acids is 1. The molecule has 1 aromatic rings. The molecule has 0 unspecified atom stereocenters. The summed E-state index contributed by atoms with van der Waals surface area (Å²) in [7, 11) is 0. The highest BCUT2D eigenvalue weighted by Gasteiger charge is 2.12. The number of carbonyl (C=O) groups is 1. The molecule has 0 saturated carbocycles. The van der Waals surface area contributed by atoms with E-state index < -0.39 is 5.97 Å². The Morgan fingerprint density at radius 2 is 1.89 bits per heavy atom. The summed E-state index contributed by atoms with van der Waals surface area (Å²) in [6.07, 6.45) is 8.99. The molecular weight excluding hydrogens is 224 g/mol. The Hall–Kier alpha value is -1.57. The molecule has 0 amide bonds. The Morgan fingerprint density at radius 3 is 2.72 bits per heavy atom. The van der Waals surface area contributed by atoms with Crippen molar-refractivity contribution in [2.45, 2.75) is 44.9 Å². The normalized spacial score (nSPS) is 13.2. The van der Waals surface area contributed by atoms with Crippen LogP contribution >= 0.6 is 0 Å². The first kappa shape index (κ1) is 12.9. The van der Waals surface area contributed by atoms with E-state index in [1.807, 2.05) is 0 Å². The lowest BCUT2D eigenvalue weighted by molar-refractivity contribution is -0.137. The maximum Gasteiger partial charge on any atom is 0.303 e. The van der Waals surface area contributed by atoms with Crippen LogP contribution in [0.4, 0.5) is 0 Å². The summed E-state index contributed by atoms with van der Waals surface area (Å²) in [4.78, 5) is 10.4. The summed E-state index contributed by atoms with van der Waals surface area (Å²) in [6, 6.07) is 8.61. The molecule has 1 aliphatic rings. The van der Waals surface area contributed by atoms with E-state index in [9.17, 15) is 4.79 Å². The monoisotopic (exact) mass is 244 g/mol. The van der Waals surface area contributed by atoms with Crippen molar-refractivity contribution in [2.75, 3.05) is 0 Å². The second-order valence-electron chi connectivity index (χ2n) is 4.90. The molecule has 0 spiro atoms. The summed E-state index contributed by atoms with van der Waals surface area (Å²) >= 11 is 0. The van der Waals surface area contributed by atoms with Gasteiger partial charge in [-0.15, -0.1) is 0 Å². The average molecular weight is 244 g/mol. The highest BCUT2D eigenvalue weighted by molar-refractivity contribution is 5.72. The minimum atomic E-state index is -0.678. The molecule has 0 heterocycles. The van der Waals surface area contributed by atoms with E-state index in [1.54, 1.807) is 0 Å². The quantitative estimate of drug-likeness (QED) is 0.735. The summed E-state index contributed by atoms with van der Waals surface area (Å²) in [5.41, 5.74) is 4.34. The van der Waals surface area contributed by atoms with Crippen LogP contribution in [0.1, 0.15) is 49.7 Å². The second-order valence-corrected chi connectivity index (χ2v) is 4.90. The molecule has 0 aliphatic heterocycles. The highest BCUT2D eigenvalue weighted by atomic mass is 16.4. The van der Waals surface area contributed by atoms with Crippen molar-refractivity contribution in [3.63, 3.8) is 0 Å². The minimum absolute atomic E-state index is 0.311. The number of unbranched alkanes of at least 4 members (excludes halogenated alkanes) is 3.